The van der Waals surface area contributed by atoms with E-state index in [1.54, 1.807) is 0 Å². The van der Waals surface area contributed by atoms with Gasteiger partial charge in [0.05, 0.1) is 12.5 Å². The maximum absolute atomic E-state index is 11.1. The van der Waals surface area contributed by atoms with Crippen LogP contribution < -0.4 is 22.5 Å². The Hall–Kier alpha value is -1.14. The summed E-state index contributed by atoms with van der Waals surface area (Å²) in [6.45, 7) is 0.979. The zero-order valence-corrected chi connectivity index (χ0v) is 7.45. The molecule has 0 aromatic carbocycles. The molecule has 0 spiro atoms. The van der Waals surface area contributed by atoms with Gasteiger partial charge in [0, 0.05) is 6.54 Å². The van der Waals surface area contributed by atoms with E-state index in [0.29, 0.717) is 19.5 Å². The van der Waals surface area contributed by atoms with Gasteiger partial charge in [-0.05, 0) is 13.0 Å². The normalized spacial score (nSPS) is 12.2. The molecular formula is C7H16N4O2. The van der Waals surface area contributed by atoms with Gasteiger partial charge in [0.25, 0.3) is 0 Å². The summed E-state index contributed by atoms with van der Waals surface area (Å²) < 4.78 is 0. The molecule has 2 amide bonds. The molecule has 0 radical (unpaired) electrons. The summed E-state index contributed by atoms with van der Waals surface area (Å²) in [5, 5.41) is 2.54. The lowest BCUT2D eigenvalue weighted by molar-refractivity contribution is -0.126. The predicted octanol–water partition coefficient (Wildman–Crippen LogP) is -2.35. The second-order valence-electron chi connectivity index (χ2n) is 2.71. The van der Waals surface area contributed by atoms with Gasteiger partial charge >= 0.3 is 0 Å². The van der Waals surface area contributed by atoms with Crippen molar-refractivity contribution >= 4 is 11.8 Å². The van der Waals surface area contributed by atoms with Crippen molar-refractivity contribution in [1.29, 1.82) is 0 Å². The molecule has 7 N–H and O–H groups in total. The summed E-state index contributed by atoms with van der Waals surface area (Å²) >= 11 is 0. The van der Waals surface area contributed by atoms with Crippen LogP contribution in [0.25, 0.3) is 0 Å². The van der Waals surface area contributed by atoms with Crippen LogP contribution in [0.5, 0.6) is 0 Å². The second kappa shape index (κ2) is 6.38. The summed E-state index contributed by atoms with van der Waals surface area (Å²) in [5.41, 5.74) is 15.4. The molecule has 0 aromatic heterocycles. The van der Waals surface area contributed by atoms with E-state index in [0.717, 1.165) is 0 Å². The Balaban J connectivity index is 3.63. The monoisotopic (exact) mass is 188 g/mol. The van der Waals surface area contributed by atoms with E-state index in [-0.39, 0.29) is 12.3 Å². The van der Waals surface area contributed by atoms with Crippen molar-refractivity contribution in [2.45, 2.75) is 18.9 Å². The molecule has 0 fully saturated rings. The fourth-order valence-electron chi connectivity index (χ4n) is 0.754. The summed E-state index contributed by atoms with van der Waals surface area (Å²) in [7, 11) is 0. The Labute approximate surface area is 76.8 Å². The fourth-order valence-corrected chi connectivity index (χ4v) is 0.754. The number of carbonyl (C=O) groups is 2. The van der Waals surface area contributed by atoms with E-state index < -0.39 is 11.9 Å². The molecule has 0 aliphatic rings. The molecule has 0 heterocycles. The average molecular weight is 188 g/mol. The van der Waals surface area contributed by atoms with Crippen LogP contribution in [0.15, 0.2) is 0 Å². The van der Waals surface area contributed by atoms with Crippen molar-refractivity contribution in [3.05, 3.63) is 0 Å². The van der Waals surface area contributed by atoms with Crippen LogP contribution >= 0.6 is 0 Å². The quantitative estimate of drug-likeness (QED) is 0.348. The van der Waals surface area contributed by atoms with Crippen molar-refractivity contribution in [3.8, 4) is 0 Å². The van der Waals surface area contributed by atoms with Gasteiger partial charge in [0.1, 0.15) is 0 Å². The zero-order valence-electron chi connectivity index (χ0n) is 7.45. The van der Waals surface area contributed by atoms with Crippen LogP contribution in [0.3, 0.4) is 0 Å². The fraction of sp³-hybridized carbons (Fsp3) is 0.714. The van der Waals surface area contributed by atoms with Gasteiger partial charge in [-0.25, -0.2) is 0 Å². The Morgan fingerprint density at radius 3 is 2.46 bits per heavy atom. The first kappa shape index (κ1) is 11.9. The Bertz CT molecular complexity index is 183. The minimum Gasteiger partial charge on any atom is -0.370 e. The number of rotatable bonds is 6. The number of nitrogens with two attached hydrogens (primary N) is 3. The molecule has 76 valence electrons. The number of hydrogen-bond acceptors (Lipinski definition) is 4. The third kappa shape index (κ3) is 6.06. The van der Waals surface area contributed by atoms with Gasteiger partial charge in [0.15, 0.2) is 0 Å². The van der Waals surface area contributed by atoms with Crippen molar-refractivity contribution < 1.29 is 9.59 Å². The highest BCUT2D eigenvalue weighted by Crippen LogP contribution is 1.86. The summed E-state index contributed by atoms with van der Waals surface area (Å²) in [6, 6.07) is -0.852. The lowest BCUT2D eigenvalue weighted by Crippen LogP contribution is -2.43. The SMILES string of the molecule is NCCCNC(=O)C(N)CC(N)=O. The van der Waals surface area contributed by atoms with E-state index >= 15 is 0 Å². The molecule has 0 saturated carbocycles. The largest absolute Gasteiger partial charge is 0.370 e. The molecule has 0 saturated heterocycles. The molecule has 0 aromatic rings. The van der Waals surface area contributed by atoms with Crippen LogP contribution in [-0.2, 0) is 9.59 Å². The number of hydrogen-bond donors (Lipinski definition) is 4. The molecule has 6 nitrogen and oxygen atoms in total. The average Bonchev–Trinajstić information content (AvgIpc) is 2.03. The van der Waals surface area contributed by atoms with Gasteiger partial charge < -0.3 is 22.5 Å². The lowest BCUT2D eigenvalue weighted by Gasteiger charge is -2.09. The summed E-state index contributed by atoms with van der Waals surface area (Å²) in [4.78, 5) is 21.5. The van der Waals surface area contributed by atoms with Crippen molar-refractivity contribution in [1.82, 2.24) is 5.32 Å². The highest BCUT2D eigenvalue weighted by Gasteiger charge is 2.14. The molecule has 0 aliphatic heterocycles. The zero-order chi connectivity index (χ0) is 10.3. The van der Waals surface area contributed by atoms with Gasteiger partial charge in [-0.2, -0.15) is 0 Å². The Kier molecular flexibility index (Phi) is 5.82. The van der Waals surface area contributed by atoms with E-state index in [1.807, 2.05) is 0 Å². The molecule has 0 rings (SSSR count). The first-order valence-electron chi connectivity index (χ1n) is 4.09. The topological polar surface area (TPSA) is 124 Å². The van der Waals surface area contributed by atoms with E-state index in [1.165, 1.54) is 0 Å². The number of carbonyl (C=O) groups excluding carboxylic acids is 2. The minimum absolute atomic E-state index is 0.130. The highest BCUT2D eigenvalue weighted by atomic mass is 16.2. The molecular weight excluding hydrogens is 172 g/mol. The molecule has 6 heteroatoms. The van der Waals surface area contributed by atoms with Crippen LogP contribution in [-0.4, -0.2) is 30.9 Å². The van der Waals surface area contributed by atoms with Crippen molar-refractivity contribution in [2.24, 2.45) is 17.2 Å². The van der Waals surface area contributed by atoms with Gasteiger partial charge in [-0.1, -0.05) is 0 Å². The van der Waals surface area contributed by atoms with Crippen LogP contribution in [0, 0.1) is 0 Å². The Morgan fingerprint density at radius 2 is 2.00 bits per heavy atom. The number of nitrogens with one attached hydrogen (secondary N) is 1. The molecule has 0 aliphatic carbocycles. The Morgan fingerprint density at radius 1 is 1.38 bits per heavy atom. The molecule has 13 heavy (non-hydrogen) atoms. The molecule has 1 atom stereocenters. The second-order valence-corrected chi connectivity index (χ2v) is 2.71. The predicted molar refractivity (Wildman–Crippen MR) is 48.5 cm³/mol. The maximum atomic E-state index is 11.1. The maximum Gasteiger partial charge on any atom is 0.237 e. The van der Waals surface area contributed by atoms with E-state index in [4.69, 9.17) is 17.2 Å². The highest BCUT2D eigenvalue weighted by molar-refractivity contribution is 5.87. The third-order valence-corrected chi connectivity index (χ3v) is 1.44. The van der Waals surface area contributed by atoms with Crippen LogP contribution in [0.1, 0.15) is 12.8 Å². The third-order valence-electron chi connectivity index (χ3n) is 1.44. The van der Waals surface area contributed by atoms with Crippen molar-refractivity contribution in [2.75, 3.05) is 13.1 Å². The first-order chi connectivity index (χ1) is 6.07. The van der Waals surface area contributed by atoms with E-state index in [9.17, 15) is 9.59 Å². The van der Waals surface area contributed by atoms with Crippen LogP contribution in [0.2, 0.25) is 0 Å². The van der Waals surface area contributed by atoms with Crippen molar-refractivity contribution in [3.63, 3.8) is 0 Å². The van der Waals surface area contributed by atoms with Gasteiger partial charge in [0.2, 0.25) is 11.8 Å². The van der Waals surface area contributed by atoms with Gasteiger partial charge in [-0.3, -0.25) is 9.59 Å². The molecule has 0 bridgehead atoms. The molecule has 1 unspecified atom stereocenters. The lowest BCUT2D eigenvalue weighted by atomic mass is 10.2. The number of amides is 2. The summed E-state index contributed by atoms with van der Waals surface area (Å²) in [5.74, 6) is -0.950. The summed E-state index contributed by atoms with van der Waals surface area (Å²) in [6.07, 6.45) is 0.559. The standard InChI is InChI=1S/C7H16N4O2/c8-2-1-3-11-7(13)5(9)4-6(10)12/h5H,1-4,8-9H2,(H2,10,12)(H,11,13). The van der Waals surface area contributed by atoms with Crippen LogP contribution in [0.4, 0.5) is 0 Å². The first-order valence-corrected chi connectivity index (χ1v) is 4.09. The minimum atomic E-state index is -0.852. The smallest absolute Gasteiger partial charge is 0.237 e. The van der Waals surface area contributed by atoms with E-state index in [2.05, 4.69) is 5.32 Å². The number of primary amides is 1. The van der Waals surface area contributed by atoms with Gasteiger partial charge in [-0.15, -0.1) is 0 Å².